The first-order valence-corrected chi connectivity index (χ1v) is 12.6. The molecule has 3 aromatic rings. The van der Waals surface area contributed by atoms with Crippen LogP contribution in [0.2, 0.25) is 0 Å². The van der Waals surface area contributed by atoms with Gasteiger partial charge in [0.25, 0.3) is 0 Å². The molecular weight excluding hydrogens is 414 g/mol. The maximum atomic E-state index is 6.67. The molecule has 1 atom stereocenters. The van der Waals surface area contributed by atoms with Crippen LogP contribution in [-0.2, 0) is 5.54 Å². The summed E-state index contributed by atoms with van der Waals surface area (Å²) < 4.78 is 6.67. The number of hydrogen-bond acceptors (Lipinski definition) is 5. The number of para-hydroxylation sites is 2. The van der Waals surface area contributed by atoms with Crippen molar-refractivity contribution in [2.45, 2.75) is 37.8 Å². The molecule has 170 valence electrons. The zero-order valence-electron chi connectivity index (χ0n) is 19.2. The fourth-order valence-electron chi connectivity index (χ4n) is 4.68. The lowest BCUT2D eigenvalue weighted by molar-refractivity contribution is 0.197. The van der Waals surface area contributed by atoms with E-state index in [1.165, 1.54) is 16.1 Å². The van der Waals surface area contributed by atoms with Gasteiger partial charge in [-0.2, -0.15) is 0 Å². The molecule has 1 aromatic heterocycles. The van der Waals surface area contributed by atoms with E-state index in [-0.39, 0.29) is 11.6 Å². The predicted molar refractivity (Wildman–Crippen MR) is 136 cm³/mol. The van der Waals surface area contributed by atoms with Crippen LogP contribution in [0.25, 0.3) is 0 Å². The normalized spacial score (nSPS) is 16.6. The monoisotopic (exact) mass is 449 g/mol. The van der Waals surface area contributed by atoms with Crippen LogP contribution in [0.3, 0.4) is 0 Å². The highest BCUT2D eigenvalue weighted by Gasteiger charge is 2.35. The fourth-order valence-corrected chi connectivity index (χ4v) is 5.47. The molecule has 0 unspecified atom stereocenters. The van der Waals surface area contributed by atoms with Crippen molar-refractivity contribution in [1.82, 2.24) is 10.6 Å². The number of ether oxygens (including phenoxy) is 1. The van der Waals surface area contributed by atoms with Crippen molar-refractivity contribution in [2.24, 2.45) is 0 Å². The van der Waals surface area contributed by atoms with Gasteiger partial charge in [-0.25, -0.2) is 0 Å². The number of hydrogen-bond donors (Lipinski definition) is 2. The summed E-state index contributed by atoms with van der Waals surface area (Å²) in [5.41, 5.74) is 2.63. The first-order chi connectivity index (χ1) is 15.8. The third-order valence-electron chi connectivity index (χ3n) is 6.59. The van der Waals surface area contributed by atoms with Gasteiger partial charge in [-0.1, -0.05) is 55.5 Å². The Balaban J connectivity index is 1.50. The van der Waals surface area contributed by atoms with Gasteiger partial charge in [0.1, 0.15) is 11.9 Å². The molecule has 0 aliphatic carbocycles. The quantitative estimate of drug-likeness (QED) is 0.396. The summed E-state index contributed by atoms with van der Waals surface area (Å²) in [7, 11) is 2.09. The Morgan fingerprint density at radius 3 is 2.44 bits per heavy atom. The van der Waals surface area contributed by atoms with Gasteiger partial charge in [0.15, 0.2) is 0 Å². The summed E-state index contributed by atoms with van der Waals surface area (Å²) in [5.74, 6) is 0.985. The van der Waals surface area contributed by atoms with Crippen molar-refractivity contribution in [1.29, 1.82) is 0 Å². The molecule has 1 aliphatic rings. The topological polar surface area (TPSA) is 36.5 Å². The molecule has 1 saturated heterocycles. The molecule has 4 nitrogen and oxygen atoms in total. The Morgan fingerprint density at radius 1 is 1.00 bits per heavy atom. The minimum Gasteiger partial charge on any atom is -0.483 e. The lowest BCUT2D eigenvalue weighted by Crippen LogP contribution is -2.50. The van der Waals surface area contributed by atoms with Gasteiger partial charge in [-0.3, -0.25) is 0 Å². The number of nitrogens with zero attached hydrogens (tertiary/aromatic N) is 1. The predicted octanol–water partition coefficient (Wildman–Crippen LogP) is 5.58. The van der Waals surface area contributed by atoms with Crippen LogP contribution < -0.4 is 20.3 Å². The second-order valence-electron chi connectivity index (χ2n) is 8.42. The van der Waals surface area contributed by atoms with Crippen LogP contribution in [0.15, 0.2) is 72.1 Å². The smallest absolute Gasteiger partial charge is 0.143 e. The third-order valence-corrected chi connectivity index (χ3v) is 7.56. The highest BCUT2D eigenvalue weighted by atomic mass is 32.1. The number of rotatable bonds is 10. The molecule has 2 N–H and O–H groups in total. The Labute approximate surface area is 196 Å². The largest absolute Gasteiger partial charge is 0.483 e. The highest BCUT2D eigenvalue weighted by Crippen LogP contribution is 2.39. The van der Waals surface area contributed by atoms with E-state index in [0.29, 0.717) is 0 Å². The molecule has 1 aliphatic heterocycles. The first-order valence-electron chi connectivity index (χ1n) is 11.7. The number of thiophene rings is 1. The van der Waals surface area contributed by atoms with Crippen molar-refractivity contribution in [3.8, 4) is 5.75 Å². The first kappa shape index (κ1) is 22.8. The molecule has 0 radical (unpaired) electrons. The molecule has 0 bridgehead atoms. The van der Waals surface area contributed by atoms with Crippen LogP contribution in [0, 0.1) is 0 Å². The Bertz CT molecular complexity index is 937. The Morgan fingerprint density at radius 2 is 1.75 bits per heavy atom. The van der Waals surface area contributed by atoms with E-state index < -0.39 is 0 Å². The number of nitrogens with one attached hydrogen (secondary N) is 2. The molecule has 1 fully saturated rings. The van der Waals surface area contributed by atoms with Gasteiger partial charge in [0.05, 0.1) is 5.69 Å². The average Bonchev–Trinajstić information content (AvgIpc) is 3.39. The molecule has 0 saturated carbocycles. The fraction of sp³-hybridized carbons (Fsp3) is 0.407. The summed E-state index contributed by atoms with van der Waals surface area (Å²) in [6, 6.07) is 23.7. The van der Waals surface area contributed by atoms with Crippen LogP contribution >= 0.6 is 11.3 Å². The number of piperidine rings is 1. The molecule has 0 amide bonds. The van der Waals surface area contributed by atoms with Crippen molar-refractivity contribution in [2.75, 3.05) is 38.1 Å². The number of anilines is 1. The van der Waals surface area contributed by atoms with Crippen LogP contribution in [0.1, 0.15) is 42.7 Å². The minimum absolute atomic E-state index is 0.0406. The van der Waals surface area contributed by atoms with Crippen LogP contribution in [0.4, 0.5) is 5.69 Å². The highest BCUT2D eigenvalue weighted by molar-refractivity contribution is 7.10. The third kappa shape index (κ3) is 5.17. The minimum atomic E-state index is 0.0406. The maximum absolute atomic E-state index is 6.67. The Hall–Kier alpha value is -2.34. The van der Waals surface area contributed by atoms with Gasteiger partial charge in [0, 0.05) is 29.9 Å². The van der Waals surface area contributed by atoms with E-state index in [4.69, 9.17) is 4.74 Å². The van der Waals surface area contributed by atoms with Gasteiger partial charge in [-0.05, 0) is 62.1 Å². The molecule has 2 heterocycles. The van der Waals surface area contributed by atoms with E-state index in [1.807, 2.05) is 0 Å². The lowest BCUT2D eigenvalue weighted by atomic mass is 9.81. The van der Waals surface area contributed by atoms with Crippen molar-refractivity contribution in [3.63, 3.8) is 0 Å². The van der Waals surface area contributed by atoms with Gasteiger partial charge < -0.3 is 20.3 Å². The summed E-state index contributed by atoms with van der Waals surface area (Å²) in [6.45, 7) is 6.07. The van der Waals surface area contributed by atoms with Crippen molar-refractivity contribution < 1.29 is 4.74 Å². The summed E-state index contributed by atoms with van der Waals surface area (Å²) in [5, 5.41) is 9.21. The zero-order chi connectivity index (χ0) is 22.2. The Kier molecular flexibility index (Phi) is 7.85. The number of benzene rings is 2. The van der Waals surface area contributed by atoms with Crippen molar-refractivity contribution >= 4 is 17.0 Å². The SMILES string of the molecule is CCNCC[C@@H](Oc1ccccc1N1CCC(NC)(c2ccccc2)CC1)c1cccs1. The van der Waals surface area contributed by atoms with Crippen LogP contribution in [-0.4, -0.2) is 33.2 Å². The van der Waals surface area contributed by atoms with E-state index in [2.05, 4.69) is 102 Å². The zero-order valence-corrected chi connectivity index (χ0v) is 20.0. The average molecular weight is 450 g/mol. The van der Waals surface area contributed by atoms with E-state index in [0.717, 1.165) is 51.2 Å². The molecule has 5 heteroatoms. The van der Waals surface area contributed by atoms with Crippen molar-refractivity contribution in [3.05, 3.63) is 82.6 Å². The standard InChI is InChI=1S/C27H35N3OS/c1-3-29-18-15-25(26-14-9-21-32-26)31-24-13-8-7-12-23(24)30-19-16-27(28-2,17-20-30)22-10-5-4-6-11-22/h4-14,21,25,28-29H,3,15-20H2,1-2H3/t25-/m1/s1. The van der Waals surface area contributed by atoms with Crippen LogP contribution in [0.5, 0.6) is 5.75 Å². The van der Waals surface area contributed by atoms with E-state index in [9.17, 15) is 0 Å². The van der Waals surface area contributed by atoms with Gasteiger partial charge >= 0.3 is 0 Å². The summed E-state index contributed by atoms with van der Waals surface area (Å²) in [4.78, 5) is 3.78. The molecule has 32 heavy (non-hydrogen) atoms. The van der Waals surface area contributed by atoms with Gasteiger partial charge in [0.2, 0.25) is 0 Å². The van der Waals surface area contributed by atoms with E-state index >= 15 is 0 Å². The molecule has 2 aromatic carbocycles. The maximum Gasteiger partial charge on any atom is 0.143 e. The van der Waals surface area contributed by atoms with E-state index in [1.54, 1.807) is 11.3 Å². The molecule has 0 spiro atoms. The molecular formula is C27H35N3OS. The summed E-state index contributed by atoms with van der Waals surface area (Å²) >= 11 is 1.78. The molecule has 4 rings (SSSR count). The summed E-state index contributed by atoms with van der Waals surface area (Å²) in [6.07, 6.45) is 3.16. The van der Waals surface area contributed by atoms with Gasteiger partial charge in [-0.15, -0.1) is 11.3 Å². The second kappa shape index (κ2) is 11.0. The second-order valence-corrected chi connectivity index (χ2v) is 9.40. The lowest BCUT2D eigenvalue weighted by Gasteiger charge is -2.43.